The molecule has 2 heterocycles. The lowest BCUT2D eigenvalue weighted by Crippen LogP contribution is -2.36. The van der Waals surface area contributed by atoms with Crippen LogP contribution >= 0.6 is 0 Å². The van der Waals surface area contributed by atoms with Gasteiger partial charge in [-0.1, -0.05) is 0 Å². The Morgan fingerprint density at radius 2 is 2.42 bits per heavy atom. The van der Waals surface area contributed by atoms with Crippen molar-refractivity contribution in [1.29, 1.82) is 0 Å². The van der Waals surface area contributed by atoms with Crippen LogP contribution in [0, 0.1) is 0 Å². The molecule has 0 saturated carbocycles. The number of aliphatic hydroxyl groups excluding tert-OH is 1. The zero-order chi connectivity index (χ0) is 8.39. The number of hydrogen-bond acceptors (Lipinski definition) is 5. The van der Waals surface area contributed by atoms with Gasteiger partial charge in [0.15, 0.2) is 0 Å². The fourth-order valence-corrected chi connectivity index (χ4v) is 1.57. The number of ether oxygens (including phenoxy) is 3. The Balaban J connectivity index is 1.83. The monoisotopic (exact) mass is 175 g/mol. The average molecular weight is 175 g/mol. The molecule has 70 valence electrons. The van der Waals surface area contributed by atoms with Gasteiger partial charge in [0, 0.05) is 0 Å². The molecule has 5 heteroatoms. The maximum absolute atomic E-state index is 8.44. The molecule has 1 N–H and O–H groups in total. The van der Waals surface area contributed by atoms with Crippen molar-refractivity contribution >= 4 is 0 Å². The fourth-order valence-electron chi connectivity index (χ4n) is 1.57. The second kappa shape index (κ2) is 3.68. The molecule has 0 amide bonds. The Hall–Kier alpha value is -0.200. The maximum atomic E-state index is 8.44. The summed E-state index contributed by atoms with van der Waals surface area (Å²) >= 11 is 0. The first-order valence-corrected chi connectivity index (χ1v) is 4.05. The van der Waals surface area contributed by atoms with E-state index >= 15 is 0 Å². The van der Waals surface area contributed by atoms with Crippen molar-refractivity contribution in [3.8, 4) is 0 Å². The van der Waals surface area contributed by atoms with Gasteiger partial charge in [0.1, 0.15) is 19.8 Å². The molecule has 2 fully saturated rings. The molecule has 12 heavy (non-hydrogen) atoms. The van der Waals surface area contributed by atoms with Crippen LogP contribution in [-0.4, -0.2) is 55.6 Å². The van der Waals surface area contributed by atoms with Crippen molar-refractivity contribution in [3.05, 3.63) is 0 Å². The lowest BCUT2D eigenvalue weighted by atomic mass is 10.3. The molecule has 2 rings (SSSR count). The summed E-state index contributed by atoms with van der Waals surface area (Å²) in [6.45, 7) is 2.23. The molecule has 0 spiro atoms. The highest BCUT2D eigenvalue weighted by molar-refractivity contribution is 4.82. The topological polar surface area (TPSA) is 51.2 Å². The van der Waals surface area contributed by atoms with Crippen molar-refractivity contribution in [2.45, 2.75) is 12.3 Å². The summed E-state index contributed by atoms with van der Waals surface area (Å²) in [4.78, 5) is 2.11. The average Bonchev–Trinajstić information content (AvgIpc) is 2.62. The van der Waals surface area contributed by atoms with Gasteiger partial charge in [-0.15, -0.1) is 0 Å². The minimum Gasteiger partial charge on any atom is -0.371 e. The zero-order valence-corrected chi connectivity index (χ0v) is 6.81. The van der Waals surface area contributed by atoms with Crippen LogP contribution in [0.25, 0.3) is 0 Å². The first-order valence-electron chi connectivity index (χ1n) is 4.05. The maximum Gasteiger partial charge on any atom is 0.143 e. The number of aliphatic hydroxyl groups is 1. The number of rotatable bonds is 3. The molecule has 0 aromatic carbocycles. The standard InChI is InChI=1S/C7H13NO4/c9-5-11-3-7-8-4-10-1-6(8)2-12-7/h6-7,9H,1-5H2. The van der Waals surface area contributed by atoms with Gasteiger partial charge in [-0.25, -0.2) is 4.90 Å². The highest BCUT2D eigenvalue weighted by atomic mass is 16.6. The second-order valence-corrected chi connectivity index (χ2v) is 2.96. The van der Waals surface area contributed by atoms with Crippen molar-refractivity contribution in [2.24, 2.45) is 0 Å². The van der Waals surface area contributed by atoms with E-state index in [-0.39, 0.29) is 13.0 Å². The predicted octanol–water partition coefficient (Wildman–Crippen LogP) is -1.03. The van der Waals surface area contributed by atoms with E-state index in [0.717, 1.165) is 6.61 Å². The third-order valence-corrected chi connectivity index (χ3v) is 2.22. The van der Waals surface area contributed by atoms with Crippen molar-refractivity contribution < 1.29 is 19.3 Å². The van der Waals surface area contributed by atoms with Crippen LogP contribution in [0.4, 0.5) is 0 Å². The molecule has 0 radical (unpaired) electrons. The molecule has 2 aliphatic rings. The van der Waals surface area contributed by atoms with Gasteiger partial charge in [0.2, 0.25) is 0 Å². The SMILES string of the molecule is OCOCC1OCC2COCN21. The molecule has 2 unspecified atom stereocenters. The van der Waals surface area contributed by atoms with E-state index in [9.17, 15) is 0 Å². The van der Waals surface area contributed by atoms with Gasteiger partial charge in [-0.05, 0) is 0 Å². The van der Waals surface area contributed by atoms with Crippen LogP contribution in [0.15, 0.2) is 0 Å². The molecule has 2 aliphatic heterocycles. The quantitative estimate of drug-likeness (QED) is 0.556. The van der Waals surface area contributed by atoms with Crippen molar-refractivity contribution in [2.75, 3.05) is 33.3 Å². The minimum atomic E-state index is -0.251. The molecule has 5 nitrogen and oxygen atoms in total. The normalized spacial score (nSPS) is 35.8. The van der Waals surface area contributed by atoms with Crippen LogP contribution in [-0.2, 0) is 14.2 Å². The lowest BCUT2D eigenvalue weighted by molar-refractivity contribution is -0.0907. The van der Waals surface area contributed by atoms with Gasteiger partial charge >= 0.3 is 0 Å². The van der Waals surface area contributed by atoms with E-state index in [0.29, 0.717) is 26.0 Å². The van der Waals surface area contributed by atoms with E-state index in [2.05, 4.69) is 4.90 Å². The Labute approximate surface area is 70.8 Å². The molecular formula is C7H13NO4. The summed E-state index contributed by atoms with van der Waals surface area (Å²) < 4.78 is 15.5. The van der Waals surface area contributed by atoms with Gasteiger partial charge in [0.05, 0.1) is 25.9 Å². The second-order valence-electron chi connectivity index (χ2n) is 2.96. The highest BCUT2D eigenvalue weighted by Crippen LogP contribution is 2.21. The molecular weight excluding hydrogens is 162 g/mol. The summed E-state index contributed by atoms with van der Waals surface area (Å²) in [7, 11) is 0. The zero-order valence-electron chi connectivity index (χ0n) is 6.81. The van der Waals surface area contributed by atoms with E-state index in [1.165, 1.54) is 0 Å². The van der Waals surface area contributed by atoms with Crippen LogP contribution in [0.1, 0.15) is 0 Å². The Morgan fingerprint density at radius 3 is 3.25 bits per heavy atom. The number of hydrogen-bond donors (Lipinski definition) is 1. The van der Waals surface area contributed by atoms with Gasteiger partial charge < -0.3 is 19.3 Å². The van der Waals surface area contributed by atoms with Crippen LogP contribution in [0.5, 0.6) is 0 Å². The van der Waals surface area contributed by atoms with E-state index in [1.807, 2.05) is 0 Å². The Kier molecular flexibility index (Phi) is 2.57. The Morgan fingerprint density at radius 1 is 1.50 bits per heavy atom. The highest BCUT2D eigenvalue weighted by Gasteiger charge is 2.38. The first kappa shape index (κ1) is 8.40. The summed E-state index contributed by atoms with van der Waals surface area (Å²) in [5.74, 6) is 0. The minimum absolute atomic E-state index is 0.0374. The molecule has 0 bridgehead atoms. The summed E-state index contributed by atoms with van der Waals surface area (Å²) in [5.41, 5.74) is 0. The van der Waals surface area contributed by atoms with Crippen molar-refractivity contribution in [3.63, 3.8) is 0 Å². The molecule has 2 saturated heterocycles. The van der Waals surface area contributed by atoms with Gasteiger partial charge in [-0.3, -0.25) is 0 Å². The molecule has 0 aromatic rings. The van der Waals surface area contributed by atoms with E-state index in [4.69, 9.17) is 19.3 Å². The number of nitrogens with zero attached hydrogens (tertiary/aromatic N) is 1. The predicted molar refractivity (Wildman–Crippen MR) is 39.2 cm³/mol. The smallest absolute Gasteiger partial charge is 0.143 e. The lowest BCUT2D eigenvalue weighted by Gasteiger charge is -2.19. The van der Waals surface area contributed by atoms with E-state index in [1.54, 1.807) is 0 Å². The summed E-state index contributed by atoms with van der Waals surface area (Å²) in [6, 6.07) is 0.386. The molecule has 0 aromatic heterocycles. The van der Waals surface area contributed by atoms with E-state index < -0.39 is 0 Å². The number of fused-ring (bicyclic) bond motifs is 1. The van der Waals surface area contributed by atoms with Gasteiger partial charge in [0.25, 0.3) is 0 Å². The third kappa shape index (κ3) is 1.46. The third-order valence-electron chi connectivity index (χ3n) is 2.22. The molecule has 2 atom stereocenters. The summed E-state index contributed by atoms with van der Waals surface area (Å²) in [5, 5.41) is 8.44. The largest absolute Gasteiger partial charge is 0.371 e. The summed E-state index contributed by atoms with van der Waals surface area (Å²) in [6.07, 6.45) is -0.0374. The van der Waals surface area contributed by atoms with Gasteiger partial charge in [-0.2, -0.15) is 0 Å². The van der Waals surface area contributed by atoms with Crippen LogP contribution < -0.4 is 0 Å². The van der Waals surface area contributed by atoms with Crippen LogP contribution in [0.2, 0.25) is 0 Å². The molecule has 0 aliphatic carbocycles. The first-order chi connectivity index (χ1) is 5.92. The van der Waals surface area contributed by atoms with Crippen molar-refractivity contribution in [1.82, 2.24) is 4.90 Å². The fraction of sp³-hybridized carbons (Fsp3) is 1.00. The van der Waals surface area contributed by atoms with Crippen LogP contribution in [0.3, 0.4) is 0 Å². The Bertz CT molecular complexity index is 154.